The number of benzene rings is 1. The Hall–Kier alpha value is -2.47. The molecule has 0 bridgehead atoms. The van der Waals surface area contributed by atoms with E-state index in [0.29, 0.717) is 31.9 Å². The minimum atomic E-state index is -0.610. The van der Waals surface area contributed by atoms with Crippen molar-refractivity contribution in [3.63, 3.8) is 0 Å². The first-order valence-corrected chi connectivity index (χ1v) is 9.15. The highest BCUT2D eigenvalue weighted by molar-refractivity contribution is 5.88. The summed E-state index contributed by atoms with van der Waals surface area (Å²) in [5.74, 6) is 0.192. The van der Waals surface area contributed by atoms with Crippen molar-refractivity contribution in [3.05, 3.63) is 48.4 Å². The summed E-state index contributed by atoms with van der Waals surface area (Å²) in [5.41, 5.74) is 0.913. The number of carbonyl (C=O) groups excluding carboxylic acids is 1. The molecule has 144 valence electrons. The van der Waals surface area contributed by atoms with E-state index >= 15 is 0 Å². The van der Waals surface area contributed by atoms with E-state index in [1.807, 2.05) is 26.8 Å². The van der Waals surface area contributed by atoms with Gasteiger partial charge in [-0.2, -0.15) is 0 Å². The standard InChI is InChI=1S/C21H25FN2O3/c1-21(2,3)27-20(25)24(18-8-11-26-12-9-18)19-14-16(7-10-23-19)15-5-4-6-17(22)13-15/h4-7,10,13-14,18H,8-9,11-12H2,1-3H3. The fraction of sp³-hybridized carbons (Fsp3) is 0.429. The van der Waals surface area contributed by atoms with Crippen molar-refractivity contribution in [2.45, 2.75) is 45.3 Å². The third-order valence-corrected chi connectivity index (χ3v) is 4.30. The molecule has 1 amide bonds. The second-order valence-corrected chi connectivity index (χ2v) is 7.61. The molecule has 0 N–H and O–H groups in total. The van der Waals surface area contributed by atoms with Gasteiger partial charge in [-0.1, -0.05) is 12.1 Å². The Morgan fingerprint density at radius 3 is 2.56 bits per heavy atom. The smallest absolute Gasteiger partial charge is 0.416 e. The maximum atomic E-state index is 13.6. The molecule has 1 saturated heterocycles. The van der Waals surface area contributed by atoms with Crippen LogP contribution in [0.15, 0.2) is 42.6 Å². The number of hydrogen-bond acceptors (Lipinski definition) is 4. The van der Waals surface area contributed by atoms with Crippen LogP contribution in [-0.4, -0.2) is 35.9 Å². The van der Waals surface area contributed by atoms with Crippen LogP contribution in [0.1, 0.15) is 33.6 Å². The highest BCUT2D eigenvalue weighted by Gasteiger charge is 2.32. The molecule has 1 aliphatic heterocycles. The molecule has 1 aliphatic rings. The minimum absolute atomic E-state index is 0.0520. The van der Waals surface area contributed by atoms with E-state index in [9.17, 15) is 9.18 Å². The molecule has 0 spiro atoms. The maximum Gasteiger partial charge on any atom is 0.416 e. The maximum absolute atomic E-state index is 13.6. The van der Waals surface area contributed by atoms with Gasteiger partial charge in [0.05, 0.1) is 0 Å². The first-order chi connectivity index (χ1) is 12.8. The van der Waals surface area contributed by atoms with E-state index < -0.39 is 11.7 Å². The summed E-state index contributed by atoms with van der Waals surface area (Å²) in [6, 6.07) is 9.91. The van der Waals surface area contributed by atoms with Crippen molar-refractivity contribution < 1.29 is 18.7 Å². The number of hydrogen-bond donors (Lipinski definition) is 0. The normalized spacial score (nSPS) is 15.4. The van der Waals surface area contributed by atoms with E-state index in [4.69, 9.17) is 9.47 Å². The molecule has 2 aromatic rings. The molecule has 5 nitrogen and oxygen atoms in total. The number of carbonyl (C=O) groups is 1. The van der Waals surface area contributed by atoms with Crippen LogP contribution < -0.4 is 4.90 Å². The number of halogens is 1. The number of anilines is 1. The zero-order valence-electron chi connectivity index (χ0n) is 15.9. The minimum Gasteiger partial charge on any atom is -0.443 e. The number of ether oxygens (including phenoxy) is 2. The fourth-order valence-electron chi connectivity index (χ4n) is 3.08. The summed E-state index contributed by atoms with van der Waals surface area (Å²) >= 11 is 0. The summed E-state index contributed by atoms with van der Waals surface area (Å²) in [7, 11) is 0. The quantitative estimate of drug-likeness (QED) is 0.776. The summed E-state index contributed by atoms with van der Waals surface area (Å²) in [4.78, 5) is 18.9. The van der Waals surface area contributed by atoms with E-state index in [-0.39, 0.29) is 11.9 Å². The van der Waals surface area contributed by atoms with Crippen LogP contribution in [0.2, 0.25) is 0 Å². The van der Waals surface area contributed by atoms with Gasteiger partial charge in [0, 0.05) is 25.5 Å². The lowest BCUT2D eigenvalue weighted by atomic mass is 10.0. The van der Waals surface area contributed by atoms with Crippen molar-refractivity contribution in [2.75, 3.05) is 18.1 Å². The Balaban J connectivity index is 1.96. The lowest BCUT2D eigenvalue weighted by Crippen LogP contribution is -2.46. The second-order valence-electron chi connectivity index (χ2n) is 7.61. The van der Waals surface area contributed by atoms with Gasteiger partial charge < -0.3 is 9.47 Å². The van der Waals surface area contributed by atoms with Gasteiger partial charge >= 0.3 is 6.09 Å². The molecule has 0 radical (unpaired) electrons. The summed E-state index contributed by atoms with van der Waals surface area (Å²) < 4.78 is 24.7. The van der Waals surface area contributed by atoms with E-state index in [2.05, 4.69) is 4.98 Å². The second kappa shape index (κ2) is 8.05. The topological polar surface area (TPSA) is 51.7 Å². The van der Waals surface area contributed by atoms with Crippen LogP contribution >= 0.6 is 0 Å². The fourth-order valence-corrected chi connectivity index (χ4v) is 3.08. The summed E-state index contributed by atoms with van der Waals surface area (Å²) in [5, 5.41) is 0. The Bertz CT molecular complexity index is 798. The molecule has 0 unspecified atom stereocenters. The highest BCUT2D eigenvalue weighted by Crippen LogP contribution is 2.28. The average molecular weight is 372 g/mol. The Morgan fingerprint density at radius 2 is 1.89 bits per heavy atom. The molecule has 27 heavy (non-hydrogen) atoms. The van der Waals surface area contributed by atoms with Crippen LogP contribution in [0.25, 0.3) is 11.1 Å². The van der Waals surface area contributed by atoms with Gasteiger partial charge in [-0.15, -0.1) is 0 Å². The Labute approximate surface area is 159 Å². The molecule has 0 saturated carbocycles. The van der Waals surface area contributed by atoms with Crippen molar-refractivity contribution in [1.82, 2.24) is 4.98 Å². The molecule has 3 rings (SSSR count). The first kappa shape index (κ1) is 19.3. The molecular formula is C21H25FN2O3. The average Bonchev–Trinajstić information content (AvgIpc) is 2.62. The Morgan fingerprint density at radius 1 is 1.19 bits per heavy atom. The molecule has 1 fully saturated rings. The largest absolute Gasteiger partial charge is 0.443 e. The summed E-state index contributed by atoms with van der Waals surface area (Å²) in [6.07, 6.45) is 2.63. The van der Waals surface area contributed by atoms with Crippen LogP contribution in [0, 0.1) is 5.82 Å². The van der Waals surface area contributed by atoms with Crippen LogP contribution in [0.3, 0.4) is 0 Å². The lowest BCUT2D eigenvalue weighted by molar-refractivity contribution is 0.0485. The molecule has 1 aromatic carbocycles. The predicted octanol–water partition coefficient (Wildman–Crippen LogP) is 4.81. The van der Waals surface area contributed by atoms with E-state index in [1.54, 1.807) is 29.3 Å². The molecule has 6 heteroatoms. The SMILES string of the molecule is CC(C)(C)OC(=O)N(c1cc(-c2cccc(F)c2)ccn1)C1CCOCC1. The third-order valence-electron chi connectivity index (χ3n) is 4.30. The molecule has 0 aliphatic carbocycles. The van der Waals surface area contributed by atoms with Gasteiger partial charge in [0.1, 0.15) is 17.2 Å². The number of rotatable bonds is 3. The molecule has 1 aromatic heterocycles. The van der Waals surface area contributed by atoms with Gasteiger partial charge in [0.15, 0.2) is 0 Å². The van der Waals surface area contributed by atoms with E-state index in [1.165, 1.54) is 12.1 Å². The lowest BCUT2D eigenvalue weighted by Gasteiger charge is -2.34. The van der Waals surface area contributed by atoms with Crippen molar-refractivity contribution in [1.29, 1.82) is 0 Å². The molecule has 0 atom stereocenters. The van der Waals surface area contributed by atoms with Gasteiger partial charge in [0.2, 0.25) is 0 Å². The van der Waals surface area contributed by atoms with Gasteiger partial charge in [0.25, 0.3) is 0 Å². The van der Waals surface area contributed by atoms with Gasteiger partial charge in [-0.3, -0.25) is 4.90 Å². The Kier molecular flexibility index (Phi) is 5.75. The van der Waals surface area contributed by atoms with Crippen molar-refractivity contribution in [2.24, 2.45) is 0 Å². The molecular weight excluding hydrogens is 347 g/mol. The zero-order chi connectivity index (χ0) is 19.4. The van der Waals surface area contributed by atoms with Crippen LogP contribution in [0.4, 0.5) is 15.0 Å². The zero-order valence-corrected chi connectivity index (χ0v) is 15.9. The van der Waals surface area contributed by atoms with Crippen LogP contribution in [0.5, 0.6) is 0 Å². The molecule has 2 heterocycles. The van der Waals surface area contributed by atoms with Crippen LogP contribution in [-0.2, 0) is 9.47 Å². The van der Waals surface area contributed by atoms with Gasteiger partial charge in [-0.05, 0) is 69.0 Å². The third kappa shape index (κ3) is 5.04. The number of amides is 1. The van der Waals surface area contributed by atoms with Crippen molar-refractivity contribution in [3.8, 4) is 11.1 Å². The highest BCUT2D eigenvalue weighted by atomic mass is 19.1. The first-order valence-electron chi connectivity index (χ1n) is 9.15. The van der Waals surface area contributed by atoms with Crippen molar-refractivity contribution >= 4 is 11.9 Å². The monoisotopic (exact) mass is 372 g/mol. The summed E-state index contributed by atoms with van der Waals surface area (Å²) in [6.45, 7) is 6.69. The predicted molar refractivity (Wildman–Crippen MR) is 102 cm³/mol. The number of nitrogens with zero attached hydrogens (tertiary/aromatic N) is 2. The number of aromatic nitrogens is 1. The van der Waals surface area contributed by atoms with E-state index in [0.717, 1.165) is 11.1 Å². The van der Waals surface area contributed by atoms with Gasteiger partial charge in [-0.25, -0.2) is 14.2 Å². The number of pyridine rings is 1.